The third-order valence-corrected chi connectivity index (χ3v) is 7.52. The Bertz CT molecular complexity index is 851. The van der Waals surface area contributed by atoms with Gasteiger partial charge in [0, 0.05) is 6.42 Å². The molecule has 0 spiro atoms. The number of aliphatic hydroxyl groups is 2. The molecule has 0 radical (unpaired) electrons. The maximum absolute atomic E-state index is 11.0. The second-order valence-corrected chi connectivity index (χ2v) is 9.42. The van der Waals surface area contributed by atoms with Crippen LogP contribution in [0.1, 0.15) is 26.0 Å². The highest BCUT2D eigenvalue weighted by Gasteiger charge is 2.47. The third-order valence-electron chi connectivity index (χ3n) is 4.93. The first kappa shape index (κ1) is 21.7. The van der Waals surface area contributed by atoms with Gasteiger partial charge in [0.2, 0.25) is 0 Å². The Kier molecular flexibility index (Phi) is 6.90. The van der Waals surface area contributed by atoms with Crippen molar-refractivity contribution < 1.29 is 24.9 Å². The molecule has 3 unspecified atom stereocenters. The van der Waals surface area contributed by atoms with Crippen LogP contribution < -0.4 is 11.5 Å². The standard InChI is InChI=1S/C17H26N6O5S/c1-2-4-29(5-3-9(18)17(26)27)6-10-12(24)13(25)16(28-10)23-8-22-11-14(19)20-7-21-15(11)23/h7-10,12-13,16,24-25H,2-6,18H2,1H3,(H2-,19,20,21,26,27)/p+1/t9-,10+,12?,13?,16+,29?/m0/s1. The van der Waals surface area contributed by atoms with Crippen molar-refractivity contribution in [2.45, 2.75) is 50.3 Å². The molecule has 1 fully saturated rings. The van der Waals surface area contributed by atoms with Gasteiger partial charge in [-0.3, -0.25) is 9.36 Å². The molecular formula is C17H27N6O5S+. The van der Waals surface area contributed by atoms with E-state index in [-0.39, 0.29) is 16.7 Å². The highest BCUT2D eigenvalue weighted by molar-refractivity contribution is 7.96. The Morgan fingerprint density at radius 3 is 2.76 bits per heavy atom. The molecule has 0 amide bonds. The molecule has 1 aliphatic rings. The van der Waals surface area contributed by atoms with Crippen LogP contribution in [-0.4, -0.2) is 82.4 Å². The average molecular weight is 428 g/mol. The van der Waals surface area contributed by atoms with E-state index in [2.05, 4.69) is 15.0 Å². The number of nitrogen functional groups attached to an aromatic ring is 1. The number of carboxylic acid groups (broad SMARTS) is 1. The van der Waals surface area contributed by atoms with Crippen molar-refractivity contribution in [2.75, 3.05) is 23.0 Å². The SMILES string of the molecule is CCC[S+](CC[C@H](N)C(=O)O)C[C@H]1O[C@@H](n2cnc3c(N)ncnc32)C(O)C1O. The van der Waals surface area contributed by atoms with Crippen LogP contribution in [0.3, 0.4) is 0 Å². The fourth-order valence-electron chi connectivity index (χ4n) is 3.36. The summed E-state index contributed by atoms with van der Waals surface area (Å²) in [4.78, 5) is 23.2. The van der Waals surface area contributed by atoms with Crippen molar-refractivity contribution >= 4 is 33.8 Å². The number of carbonyl (C=O) groups is 1. The van der Waals surface area contributed by atoms with Crippen LogP contribution in [-0.2, 0) is 20.4 Å². The van der Waals surface area contributed by atoms with E-state index in [1.54, 1.807) is 4.57 Å². The minimum atomic E-state index is -1.16. The molecule has 3 heterocycles. The summed E-state index contributed by atoms with van der Waals surface area (Å²) < 4.78 is 7.53. The quantitative estimate of drug-likeness (QED) is 0.307. The van der Waals surface area contributed by atoms with Gasteiger partial charge in [0.1, 0.15) is 53.5 Å². The molecule has 0 aromatic carbocycles. The van der Waals surface area contributed by atoms with Crippen molar-refractivity contribution in [3.63, 3.8) is 0 Å². The Hall–Kier alpha value is -1.99. The highest BCUT2D eigenvalue weighted by atomic mass is 32.2. The van der Waals surface area contributed by atoms with Gasteiger partial charge in [0.05, 0.1) is 6.33 Å². The number of nitrogens with zero attached hydrogens (tertiary/aromatic N) is 4. The second kappa shape index (κ2) is 9.22. The molecule has 11 nitrogen and oxygen atoms in total. The second-order valence-electron chi connectivity index (χ2n) is 7.05. The number of fused-ring (bicyclic) bond motifs is 1. The first-order valence-corrected chi connectivity index (χ1v) is 11.1. The lowest BCUT2D eigenvalue weighted by Gasteiger charge is -2.17. The van der Waals surface area contributed by atoms with Crippen molar-refractivity contribution in [3.8, 4) is 0 Å². The number of carboxylic acids is 1. The molecule has 1 aliphatic heterocycles. The van der Waals surface area contributed by atoms with Gasteiger partial charge in [-0.15, -0.1) is 0 Å². The van der Waals surface area contributed by atoms with Gasteiger partial charge >= 0.3 is 5.97 Å². The Morgan fingerprint density at radius 2 is 2.07 bits per heavy atom. The first-order chi connectivity index (χ1) is 13.8. The summed E-state index contributed by atoms with van der Waals surface area (Å²) in [6, 6.07) is -0.905. The van der Waals surface area contributed by atoms with Crippen molar-refractivity contribution in [1.82, 2.24) is 19.5 Å². The van der Waals surface area contributed by atoms with Crippen LogP contribution in [0.15, 0.2) is 12.7 Å². The largest absolute Gasteiger partial charge is 0.480 e. The molecule has 1 saturated heterocycles. The smallest absolute Gasteiger partial charge is 0.320 e. The number of rotatable bonds is 9. The van der Waals surface area contributed by atoms with Crippen LogP contribution >= 0.6 is 0 Å². The van der Waals surface area contributed by atoms with Crippen LogP contribution in [0.2, 0.25) is 0 Å². The zero-order chi connectivity index (χ0) is 21.1. The summed E-state index contributed by atoms with van der Waals surface area (Å²) in [5, 5.41) is 30.1. The number of imidazole rings is 1. The summed E-state index contributed by atoms with van der Waals surface area (Å²) in [5.41, 5.74) is 12.2. The normalized spacial score (nSPS) is 26.6. The fourth-order valence-corrected chi connectivity index (χ4v) is 5.80. The van der Waals surface area contributed by atoms with Crippen LogP contribution in [0.25, 0.3) is 11.2 Å². The van der Waals surface area contributed by atoms with Crippen molar-refractivity contribution in [2.24, 2.45) is 5.73 Å². The molecule has 29 heavy (non-hydrogen) atoms. The van der Waals surface area contributed by atoms with E-state index >= 15 is 0 Å². The predicted octanol–water partition coefficient (Wildman–Crippen LogP) is -1.14. The van der Waals surface area contributed by atoms with Gasteiger partial charge in [-0.05, 0) is 17.3 Å². The topological polar surface area (TPSA) is 183 Å². The van der Waals surface area contributed by atoms with Crippen LogP contribution in [0.4, 0.5) is 5.82 Å². The number of aliphatic carboxylic acids is 1. The van der Waals surface area contributed by atoms with Gasteiger partial charge < -0.3 is 31.5 Å². The average Bonchev–Trinajstić information content (AvgIpc) is 3.23. The zero-order valence-electron chi connectivity index (χ0n) is 16.1. The molecule has 0 bridgehead atoms. The number of hydrogen-bond donors (Lipinski definition) is 5. The monoisotopic (exact) mass is 427 g/mol. The lowest BCUT2D eigenvalue weighted by molar-refractivity contribution is -0.138. The van der Waals surface area contributed by atoms with Gasteiger partial charge in [-0.1, -0.05) is 6.92 Å². The van der Waals surface area contributed by atoms with E-state index in [1.807, 2.05) is 6.92 Å². The van der Waals surface area contributed by atoms with E-state index < -0.39 is 36.6 Å². The molecule has 2 aromatic rings. The molecule has 6 atom stereocenters. The van der Waals surface area contributed by atoms with Gasteiger partial charge in [-0.2, -0.15) is 0 Å². The lowest BCUT2D eigenvalue weighted by atomic mass is 10.1. The fraction of sp³-hybridized carbons (Fsp3) is 0.647. The van der Waals surface area contributed by atoms with Gasteiger partial charge in [0.25, 0.3) is 0 Å². The number of aliphatic hydroxyl groups excluding tert-OH is 2. The number of nitrogens with two attached hydrogens (primary N) is 2. The van der Waals surface area contributed by atoms with E-state index in [0.29, 0.717) is 29.1 Å². The predicted molar refractivity (Wildman–Crippen MR) is 108 cm³/mol. The van der Waals surface area contributed by atoms with E-state index in [9.17, 15) is 15.0 Å². The zero-order valence-corrected chi connectivity index (χ0v) is 16.9. The minimum absolute atomic E-state index is 0.190. The first-order valence-electron chi connectivity index (χ1n) is 9.40. The van der Waals surface area contributed by atoms with Crippen LogP contribution in [0.5, 0.6) is 0 Å². The van der Waals surface area contributed by atoms with Gasteiger partial charge in [0.15, 0.2) is 17.7 Å². The summed E-state index contributed by atoms with van der Waals surface area (Å²) in [7, 11) is -0.190. The molecule has 160 valence electrons. The number of aromatic nitrogens is 4. The summed E-state index contributed by atoms with van der Waals surface area (Å²) in [5.74, 6) is 1.21. The molecule has 7 N–H and O–H groups in total. The number of hydrogen-bond acceptors (Lipinski definition) is 9. The molecule has 0 saturated carbocycles. The Labute approximate surface area is 170 Å². The van der Waals surface area contributed by atoms with E-state index in [0.717, 1.165) is 12.2 Å². The molecule has 0 aliphatic carbocycles. The molecular weight excluding hydrogens is 400 g/mol. The minimum Gasteiger partial charge on any atom is -0.480 e. The van der Waals surface area contributed by atoms with Gasteiger partial charge in [-0.25, -0.2) is 15.0 Å². The molecule has 2 aromatic heterocycles. The maximum atomic E-state index is 11.0. The van der Waals surface area contributed by atoms with E-state index in [4.69, 9.17) is 21.3 Å². The Morgan fingerprint density at radius 1 is 1.31 bits per heavy atom. The van der Waals surface area contributed by atoms with Crippen molar-refractivity contribution in [1.29, 1.82) is 0 Å². The summed E-state index contributed by atoms with van der Waals surface area (Å²) in [6.45, 7) is 2.04. The van der Waals surface area contributed by atoms with Crippen LogP contribution in [0, 0.1) is 0 Å². The van der Waals surface area contributed by atoms with E-state index in [1.165, 1.54) is 12.7 Å². The maximum Gasteiger partial charge on any atom is 0.320 e. The third kappa shape index (κ3) is 4.61. The lowest BCUT2D eigenvalue weighted by Crippen LogP contribution is -2.38. The highest BCUT2D eigenvalue weighted by Crippen LogP contribution is 2.33. The molecule has 3 rings (SSSR count). The molecule has 12 heteroatoms. The summed E-state index contributed by atoms with van der Waals surface area (Å²) in [6.07, 6.45) is 0.327. The van der Waals surface area contributed by atoms with Crippen molar-refractivity contribution in [3.05, 3.63) is 12.7 Å². The Balaban J connectivity index is 1.72. The number of anilines is 1. The summed E-state index contributed by atoms with van der Waals surface area (Å²) >= 11 is 0. The number of ether oxygens (including phenoxy) is 1.